The Labute approximate surface area is 143 Å². The highest BCUT2D eigenvalue weighted by molar-refractivity contribution is 5.15. The average molecular weight is 312 g/mol. The van der Waals surface area contributed by atoms with Gasteiger partial charge in [0, 0.05) is 13.0 Å². The van der Waals surface area contributed by atoms with Crippen LogP contribution in [-0.2, 0) is 11.3 Å². The van der Waals surface area contributed by atoms with Crippen LogP contribution < -0.4 is 0 Å². The summed E-state index contributed by atoms with van der Waals surface area (Å²) in [6, 6.07) is 10.4. The molecule has 0 saturated carbocycles. The van der Waals surface area contributed by atoms with Crippen molar-refractivity contribution in [3.05, 3.63) is 48.0 Å². The fourth-order valence-corrected chi connectivity index (χ4v) is 2.37. The van der Waals surface area contributed by atoms with Crippen molar-refractivity contribution in [2.24, 2.45) is 0 Å². The third kappa shape index (κ3) is 12.7. The van der Waals surface area contributed by atoms with Crippen LogP contribution in [0.25, 0.3) is 0 Å². The molecule has 0 radical (unpaired) electrons. The lowest BCUT2D eigenvalue weighted by Gasteiger charge is -2.04. The first-order valence-electron chi connectivity index (χ1n) is 9.18. The van der Waals surface area contributed by atoms with E-state index in [9.17, 15) is 0 Å². The van der Waals surface area contributed by atoms with Crippen LogP contribution >= 0.6 is 0 Å². The molecule has 1 heteroatoms. The second kappa shape index (κ2) is 15.4. The highest BCUT2D eigenvalue weighted by atomic mass is 16.5. The first kappa shape index (κ1) is 19.5. The summed E-state index contributed by atoms with van der Waals surface area (Å²) in [5, 5.41) is 0. The Hall–Kier alpha value is -1.52. The van der Waals surface area contributed by atoms with Gasteiger partial charge in [0.1, 0.15) is 0 Å². The largest absolute Gasteiger partial charge is 0.377 e. The lowest BCUT2D eigenvalue weighted by Crippen LogP contribution is -1.95. The second-order valence-corrected chi connectivity index (χ2v) is 5.89. The molecule has 23 heavy (non-hydrogen) atoms. The molecule has 0 amide bonds. The van der Waals surface area contributed by atoms with Crippen molar-refractivity contribution in [3.63, 3.8) is 0 Å². The van der Waals surface area contributed by atoms with E-state index in [4.69, 9.17) is 4.74 Å². The number of hydrogen-bond acceptors (Lipinski definition) is 1. The maximum atomic E-state index is 5.70. The van der Waals surface area contributed by atoms with Crippen LogP contribution in [0.1, 0.15) is 70.3 Å². The number of rotatable bonds is 12. The Morgan fingerprint density at radius 2 is 1.61 bits per heavy atom. The van der Waals surface area contributed by atoms with Gasteiger partial charge in [-0.05, 0) is 30.9 Å². The highest BCUT2D eigenvalue weighted by Gasteiger charge is 1.94. The van der Waals surface area contributed by atoms with E-state index in [0.29, 0.717) is 0 Å². The zero-order valence-corrected chi connectivity index (χ0v) is 14.7. The highest BCUT2D eigenvalue weighted by Crippen LogP contribution is 2.09. The van der Waals surface area contributed by atoms with Crippen molar-refractivity contribution < 1.29 is 4.74 Å². The van der Waals surface area contributed by atoms with Crippen molar-refractivity contribution in [2.45, 2.75) is 71.3 Å². The molecule has 0 N–H and O–H groups in total. The molecule has 1 aromatic rings. The SMILES string of the molecule is CC/C=C\C#CCCCCCCCCCOCc1ccccc1. The van der Waals surface area contributed by atoms with Crippen LogP contribution in [0.5, 0.6) is 0 Å². The molecule has 126 valence electrons. The first-order valence-corrected chi connectivity index (χ1v) is 9.18. The maximum Gasteiger partial charge on any atom is 0.0716 e. The van der Waals surface area contributed by atoms with Crippen LogP contribution in [0.3, 0.4) is 0 Å². The topological polar surface area (TPSA) is 9.23 Å². The Kier molecular flexibility index (Phi) is 13.1. The predicted octanol–water partition coefficient (Wildman–Crippen LogP) is 6.29. The quantitative estimate of drug-likeness (QED) is 0.325. The third-order valence-electron chi connectivity index (χ3n) is 3.74. The molecule has 0 aliphatic heterocycles. The average Bonchev–Trinajstić information content (AvgIpc) is 2.59. The number of unbranched alkanes of at least 4 members (excludes halogenated alkanes) is 7. The van der Waals surface area contributed by atoms with Gasteiger partial charge in [0.05, 0.1) is 6.61 Å². The fraction of sp³-hybridized carbons (Fsp3) is 0.545. The molecule has 0 heterocycles. The molecule has 0 saturated heterocycles. The Balaban J connectivity index is 1.79. The Bertz CT molecular complexity index is 450. The number of benzene rings is 1. The van der Waals surface area contributed by atoms with Gasteiger partial charge in [0.2, 0.25) is 0 Å². The normalized spacial score (nSPS) is 10.7. The van der Waals surface area contributed by atoms with Gasteiger partial charge < -0.3 is 4.74 Å². The number of hydrogen-bond donors (Lipinski definition) is 0. The summed E-state index contributed by atoms with van der Waals surface area (Å²) in [6.45, 7) is 3.76. The minimum absolute atomic E-state index is 0.745. The monoisotopic (exact) mass is 312 g/mol. The van der Waals surface area contributed by atoms with Crippen LogP contribution in [0.2, 0.25) is 0 Å². The van der Waals surface area contributed by atoms with E-state index < -0.39 is 0 Å². The molecule has 0 aromatic heterocycles. The number of allylic oxidation sites excluding steroid dienone is 2. The molecule has 0 aliphatic rings. The minimum atomic E-state index is 0.745. The van der Waals surface area contributed by atoms with Crippen LogP contribution in [0, 0.1) is 11.8 Å². The molecule has 0 bridgehead atoms. The van der Waals surface area contributed by atoms with E-state index >= 15 is 0 Å². The fourth-order valence-electron chi connectivity index (χ4n) is 2.37. The molecular weight excluding hydrogens is 280 g/mol. The van der Waals surface area contributed by atoms with Crippen molar-refractivity contribution in [3.8, 4) is 11.8 Å². The van der Waals surface area contributed by atoms with Gasteiger partial charge in [-0.15, -0.1) is 0 Å². The zero-order chi connectivity index (χ0) is 16.4. The van der Waals surface area contributed by atoms with E-state index in [-0.39, 0.29) is 0 Å². The molecule has 0 fully saturated rings. The summed E-state index contributed by atoms with van der Waals surface area (Å²) in [6.07, 6.45) is 15.3. The lowest BCUT2D eigenvalue weighted by atomic mass is 10.1. The molecular formula is C22H32O. The van der Waals surface area contributed by atoms with E-state index in [1.165, 1.54) is 50.5 Å². The molecule has 0 atom stereocenters. The van der Waals surface area contributed by atoms with Gasteiger partial charge in [0.15, 0.2) is 0 Å². The molecule has 1 rings (SSSR count). The van der Waals surface area contributed by atoms with Crippen LogP contribution in [0.4, 0.5) is 0 Å². The second-order valence-electron chi connectivity index (χ2n) is 5.89. The van der Waals surface area contributed by atoms with Crippen LogP contribution in [-0.4, -0.2) is 6.61 Å². The van der Waals surface area contributed by atoms with Crippen molar-refractivity contribution >= 4 is 0 Å². The molecule has 1 nitrogen and oxygen atoms in total. The summed E-state index contributed by atoms with van der Waals surface area (Å²) in [7, 11) is 0. The minimum Gasteiger partial charge on any atom is -0.377 e. The van der Waals surface area contributed by atoms with Gasteiger partial charge in [-0.3, -0.25) is 0 Å². The first-order chi connectivity index (χ1) is 11.4. The predicted molar refractivity (Wildman–Crippen MR) is 100 cm³/mol. The van der Waals surface area contributed by atoms with E-state index in [1.807, 2.05) is 12.1 Å². The van der Waals surface area contributed by atoms with Gasteiger partial charge >= 0.3 is 0 Å². The standard InChI is InChI=1S/C22H32O/c1-2-3-4-5-6-7-8-9-10-11-12-13-17-20-23-21-22-18-15-14-16-19-22/h3-4,14-16,18-19H,2,7-13,17,20-21H2,1H3/b4-3-. The molecule has 1 aromatic carbocycles. The van der Waals surface area contributed by atoms with Gasteiger partial charge in [-0.1, -0.05) is 87.3 Å². The van der Waals surface area contributed by atoms with E-state index in [2.05, 4.69) is 49.1 Å². The molecule has 0 aliphatic carbocycles. The lowest BCUT2D eigenvalue weighted by molar-refractivity contribution is 0.116. The molecule has 0 unspecified atom stereocenters. The van der Waals surface area contributed by atoms with Gasteiger partial charge in [-0.2, -0.15) is 0 Å². The van der Waals surface area contributed by atoms with Crippen molar-refractivity contribution in [1.82, 2.24) is 0 Å². The smallest absolute Gasteiger partial charge is 0.0716 e. The Morgan fingerprint density at radius 3 is 2.35 bits per heavy atom. The number of ether oxygens (including phenoxy) is 1. The van der Waals surface area contributed by atoms with Crippen LogP contribution in [0.15, 0.2) is 42.5 Å². The zero-order valence-electron chi connectivity index (χ0n) is 14.7. The maximum absolute atomic E-state index is 5.70. The van der Waals surface area contributed by atoms with E-state index in [1.54, 1.807) is 0 Å². The summed E-state index contributed by atoms with van der Waals surface area (Å²) < 4.78 is 5.70. The Morgan fingerprint density at radius 1 is 0.913 bits per heavy atom. The van der Waals surface area contributed by atoms with Gasteiger partial charge in [0.25, 0.3) is 0 Å². The summed E-state index contributed by atoms with van der Waals surface area (Å²) in [4.78, 5) is 0. The van der Waals surface area contributed by atoms with Crippen molar-refractivity contribution in [1.29, 1.82) is 0 Å². The third-order valence-corrected chi connectivity index (χ3v) is 3.74. The van der Waals surface area contributed by atoms with Gasteiger partial charge in [-0.25, -0.2) is 0 Å². The molecule has 0 spiro atoms. The van der Waals surface area contributed by atoms with Crippen molar-refractivity contribution in [2.75, 3.05) is 6.61 Å². The van der Waals surface area contributed by atoms with E-state index in [0.717, 1.165) is 26.1 Å². The summed E-state index contributed by atoms with van der Waals surface area (Å²) in [5.41, 5.74) is 1.26. The summed E-state index contributed by atoms with van der Waals surface area (Å²) in [5.74, 6) is 6.29. The summed E-state index contributed by atoms with van der Waals surface area (Å²) >= 11 is 0.